The van der Waals surface area contributed by atoms with Crippen LogP contribution < -0.4 is 10.1 Å². The first-order valence-electron chi connectivity index (χ1n) is 8.82. The third-order valence-electron chi connectivity index (χ3n) is 4.55. The first-order valence-corrected chi connectivity index (χ1v) is 8.82. The Morgan fingerprint density at radius 2 is 1.92 bits per heavy atom. The molecule has 0 saturated carbocycles. The van der Waals surface area contributed by atoms with Gasteiger partial charge in [0.15, 0.2) is 5.82 Å². The van der Waals surface area contributed by atoms with Crippen LogP contribution in [-0.4, -0.2) is 32.5 Å². The summed E-state index contributed by atoms with van der Waals surface area (Å²) in [4.78, 5) is 4.71. The van der Waals surface area contributed by atoms with Crippen molar-refractivity contribution in [3.63, 3.8) is 0 Å². The predicted octanol–water partition coefficient (Wildman–Crippen LogP) is 2.55. The number of para-hydroxylation sites is 2. The summed E-state index contributed by atoms with van der Waals surface area (Å²) in [6.07, 6.45) is 0.273. The van der Waals surface area contributed by atoms with Crippen LogP contribution in [0.15, 0.2) is 54.6 Å². The van der Waals surface area contributed by atoms with Crippen molar-refractivity contribution in [3.05, 3.63) is 71.8 Å². The van der Waals surface area contributed by atoms with Crippen molar-refractivity contribution < 1.29 is 9.84 Å². The zero-order chi connectivity index (χ0) is 17.9. The van der Waals surface area contributed by atoms with Crippen LogP contribution in [-0.2, 0) is 6.61 Å². The molecule has 2 heterocycles. The van der Waals surface area contributed by atoms with Gasteiger partial charge in [0, 0.05) is 6.54 Å². The minimum absolute atomic E-state index is 0.0254. The number of aliphatic hydroxyl groups is 1. The molecule has 1 fully saturated rings. The van der Waals surface area contributed by atoms with Gasteiger partial charge in [0.25, 0.3) is 0 Å². The van der Waals surface area contributed by atoms with E-state index >= 15 is 0 Å². The monoisotopic (exact) mass is 350 g/mol. The van der Waals surface area contributed by atoms with Crippen LogP contribution in [0.4, 0.5) is 0 Å². The van der Waals surface area contributed by atoms with Crippen LogP contribution in [0.2, 0.25) is 0 Å². The molecular formula is C20H22N4O2. The van der Waals surface area contributed by atoms with E-state index in [1.54, 1.807) is 0 Å². The van der Waals surface area contributed by atoms with Crippen molar-refractivity contribution >= 4 is 0 Å². The average molecular weight is 350 g/mol. The van der Waals surface area contributed by atoms with Crippen molar-refractivity contribution in [2.24, 2.45) is 0 Å². The summed E-state index contributed by atoms with van der Waals surface area (Å²) >= 11 is 0. The van der Waals surface area contributed by atoms with E-state index in [2.05, 4.69) is 23.4 Å². The summed E-state index contributed by atoms with van der Waals surface area (Å²) in [6.45, 7) is 2.92. The molecule has 6 nitrogen and oxygen atoms in total. The molecule has 0 aliphatic carbocycles. The highest BCUT2D eigenvalue weighted by molar-refractivity contribution is 5.40. The van der Waals surface area contributed by atoms with E-state index in [9.17, 15) is 5.11 Å². The standard InChI is InChI=1S/C20H22N4O2/c1-14-7-5-6-10-18(14)24-20(17-11-15(25)12-21-17)22-19(23-24)13-26-16-8-3-2-4-9-16/h2-10,15,17,21,25H,11-13H2,1H3/t15-,17+/m1/s1. The van der Waals surface area contributed by atoms with Gasteiger partial charge in [-0.15, -0.1) is 5.10 Å². The Morgan fingerprint density at radius 1 is 1.15 bits per heavy atom. The molecule has 26 heavy (non-hydrogen) atoms. The Morgan fingerprint density at radius 3 is 2.65 bits per heavy atom. The van der Waals surface area contributed by atoms with E-state index in [-0.39, 0.29) is 12.1 Å². The fourth-order valence-corrected chi connectivity index (χ4v) is 3.21. The quantitative estimate of drug-likeness (QED) is 0.740. The summed E-state index contributed by atoms with van der Waals surface area (Å²) in [5, 5.41) is 17.9. The molecule has 0 amide bonds. The van der Waals surface area contributed by atoms with Crippen molar-refractivity contribution in [2.75, 3.05) is 6.54 Å². The molecule has 2 atom stereocenters. The van der Waals surface area contributed by atoms with Gasteiger partial charge in [-0.3, -0.25) is 0 Å². The first kappa shape index (κ1) is 16.8. The Kier molecular flexibility index (Phi) is 4.69. The third-order valence-corrected chi connectivity index (χ3v) is 4.55. The second-order valence-electron chi connectivity index (χ2n) is 6.54. The van der Waals surface area contributed by atoms with Gasteiger partial charge in [0.2, 0.25) is 0 Å². The number of aliphatic hydroxyl groups excluding tert-OH is 1. The maximum atomic E-state index is 9.89. The highest BCUT2D eigenvalue weighted by Crippen LogP contribution is 2.25. The van der Waals surface area contributed by atoms with Gasteiger partial charge in [0.1, 0.15) is 18.2 Å². The minimum Gasteiger partial charge on any atom is -0.486 e. The average Bonchev–Trinajstić information content (AvgIpc) is 3.27. The molecule has 0 unspecified atom stereocenters. The molecule has 2 N–H and O–H groups in total. The fourth-order valence-electron chi connectivity index (χ4n) is 3.21. The summed E-state index contributed by atoms with van der Waals surface area (Å²) in [5.41, 5.74) is 2.11. The molecule has 134 valence electrons. The molecule has 0 bridgehead atoms. The highest BCUT2D eigenvalue weighted by Gasteiger charge is 2.29. The molecule has 6 heteroatoms. The number of hydrogen-bond donors (Lipinski definition) is 2. The molecule has 1 aromatic heterocycles. The van der Waals surface area contributed by atoms with Crippen LogP contribution in [0.1, 0.15) is 29.7 Å². The normalized spacial score (nSPS) is 19.6. The number of nitrogens with zero attached hydrogens (tertiary/aromatic N) is 3. The Labute approximate surface area is 152 Å². The van der Waals surface area contributed by atoms with E-state index in [4.69, 9.17) is 9.72 Å². The van der Waals surface area contributed by atoms with Gasteiger partial charge >= 0.3 is 0 Å². The largest absolute Gasteiger partial charge is 0.486 e. The molecule has 4 rings (SSSR count). The molecule has 2 aromatic carbocycles. The minimum atomic E-state index is -0.356. The number of rotatable bonds is 5. The SMILES string of the molecule is Cc1ccccc1-n1nc(COc2ccccc2)nc1[C@@H]1C[C@@H](O)CN1. The van der Waals surface area contributed by atoms with E-state index in [1.807, 2.05) is 53.2 Å². The molecule has 0 spiro atoms. The van der Waals surface area contributed by atoms with Crippen LogP contribution >= 0.6 is 0 Å². The smallest absolute Gasteiger partial charge is 0.188 e. The Hall–Kier alpha value is -2.70. The van der Waals surface area contributed by atoms with Gasteiger partial charge < -0.3 is 15.2 Å². The lowest BCUT2D eigenvalue weighted by atomic mass is 10.1. The van der Waals surface area contributed by atoms with E-state index in [0.29, 0.717) is 25.4 Å². The fraction of sp³-hybridized carbons (Fsp3) is 0.300. The van der Waals surface area contributed by atoms with Crippen LogP contribution in [0.5, 0.6) is 5.75 Å². The van der Waals surface area contributed by atoms with Crippen LogP contribution in [0, 0.1) is 6.92 Å². The van der Waals surface area contributed by atoms with Crippen molar-refractivity contribution in [1.29, 1.82) is 0 Å². The third kappa shape index (κ3) is 3.47. The summed E-state index contributed by atoms with van der Waals surface area (Å²) in [6, 6.07) is 17.7. The van der Waals surface area contributed by atoms with Crippen molar-refractivity contribution in [2.45, 2.75) is 32.1 Å². The molecule has 1 aliphatic rings. The number of hydrogen-bond acceptors (Lipinski definition) is 5. The predicted molar refractivity (Wildman–Crippen MR) is 98.2 cm³/mol. The lowest BCUT2D eigenvalue weighted by Gasteiger charge is -2.13. The van der Waals surface area contributed by atoms with Gasteiger partial charge in [-0.05, 0) is 37.1 Å². The molecule has 1 saturated heterocycles. The Bertz CT molecular complexity index is 879. The zero-order valence-electron chi connectivity index (χ0n) is 14.7. The van der Waals surface area contributed by atoms with E-state index in [0.717, 1.165) is 22.8 Å². The lowest BCUT2D eigenvalue weighted by Crippen LogP contribution is -2.18. The summed E-state index contributed by atoms with van der Waals surface area (Å²) in [7, 11) is 0. The number of benzene rings is 2. The topological polar surface area (TPSA) is 72.2 Å². The van der Waals surface area contributed by atoms with E-state index < -0.39 is 0 Å². The number of β-amino-alcohol motifs (C(OH)–C–C–N with tert-alkyl or cyclic N) is 1. The molecule has 1 aliphatic heterocycles. The summed E-state index contributed by atoms with van der Waals surface area (Å²) < 4.78 is 7.67. The van der Waals surface area contributed by atoms with Crippen molar-refractivity contribution in [3.8, 4) is 11.4 Å². The molecule has 3 aromatic rings. The van der Waals surface area contributed by atoms with E-state index in [1.165, 1.54) is 0 Å². The molecule has 0 radical (unpaired) electrons. The molecular weight excluding hydrogens is 328 g/mol. The van der Waals surface area contributed by atoms with Crippen molar-refractivity contribution in [1.82, 2.24) is 20.1 Å². The maximum Gasteiger partial charge on any atom is 0.188 e. The number of aryl methyl sites for hydroxylation is 1. The summed E-state index contributed by atoms with van der Waals surface area (Å²) in [5.74, 6) is 2.22. The number of nitrogens with one attached hydrogen (secondary N) is 1. The highest BCUT2D eigenvalue weighted by atomic mass is 16.5. The van der Waals surface area contributed by atoms with Crippen LogP contribution in [0.3, 0.4) is 0 Å². The van der Waals surface area contributed by atoms with Gasteiger partial charge in [-0.2, -0.15) is 0 Å². The van der Waals surface area contributed by atoms with Gasteiger partial charge in [-0.1, -0.05) is 36.4 Å². The second kappa shape index (κ2) is 7.27. The Balaban J connectivity index is 1.65. The van der Waals surface area contributed by atoms with Crippen LogP contribution in [0.25, 0.3) is 5.69 Å². The number of aromatic nitrogens is 3. The second-order valence-corrected chi connectivity index (χ2v) is 6.54. The zero-order valence-corrected chi connectivity index (χ0v) is 14.7. The lowest BCUT2D eigenvalue weighted by molar-refractivity contribution is 0.193. The maximum absolute atomic E-state index is 9.89. The number of ether oxygens (including phenoxy) is 1. The van der Waals surface area contributed by atoms with Gasteiger partial charge in [-0.25, -0.2) is 9.67 Å². The first-order chi connectivity index (χ1) is 12.7. The van der Waals surface area contributed by atoms with Gasteiger partial charge in [0.05, 0.1) is 17.8 Å².